The number of imidazole rings is 1. The van der Waals surface area contributed by atoms with Crippen LogP contribution in [0.15, 0.2) is 18.6 Å². The number of rotatable bonds is 5. The van der Waals surface area contributed by atoms with Gasteiger partial charge in [-0.15, -0.1) is 0 Å². The molecule has 0 saturated carbocycles. The Labute approximate surface area is 126 Å². The average Bonchev–Trinajstić information content (AvgIpc) is 3.10. The van der Waals surface area contributed by atoms with Crippen molar-refractivity contribution in [2.45, 2.75) is 58.5 Å². The molecule has 114 valence electrons. The van der Waals surface area contributed by atoms with Gasteiger partial charge >= 0.3 is 0 Å². The van der Waals surface area contributed by atoms with Gasteiger partial charge in [-0.3, -0.25) is 0 Å². The first-order valence-electron chi connectivity index (χ1n) is 8.10. The lowest BCUT2D eigenvalue weighted by molar-refractivity contribution is 0.621. The molecule has 1 fully saturated rings. The predicted octanol–water partition coefficient (Wildman–Crippen LogP) is 3.32. The lowest BCUT2D eigenvalue weighted by Crippen LogP contribution is -2.35. The minimum Gasteiger partial charge on any atom is -0.369 e. The Hall–Kier alpha value is -1.78. The first-order valence-corrected chi connectivity index (χ1v) is 8.10. The van der Waals surface area contributed by atoms with Crippen LogP contribution in [0.4, 0.5) is 11.6 Å². The van der Waals surface area contributed by atoms with E-state index in [0.717, 1.165) is 36.7 Å². The molecule has 1 aliphatic rings. The Bertz CT molecular complexity index is 606. The molecule has 0 spiro atoms. The fraction of sp³-hybridized carbons (Fsp3) is 0.625. The van der Waals surface area contributed by atoms with Crippen LogP contribution in [0.25, 0.3) is 5.65 Å². The lowest BCUT2D eigenvalue weighted by atomic mass is 10.1. The van der Waals surface area contributed by atoms with Gasteiger partial charge in [0.2, 0.25) is 0 Å². The van der Waals surface area contributed by atoms with Crippen molar-refractivity contribution in [1.29, 1.82) is 0 Å². The number of hydrogen-bond donors (Lipinski definition) is 1. The van der Waals surface area contributed by atoms with Gasteiger partial charge in [0.15, 0.2) is 11.5 Å². The number of hydrogen-bond acceptors (Lipinski definition) is 4. The van der Waals surface area contributed by atoms with E-state index in [4.69, 9.17) is 4.98 Å². The molecule has 5 heteroatoms. The summed E-state index contributed by atoms with van der Waals surface area (Å²) in [7, 11) is 0. The lowest BCUT2D eigenvalue weighted by Gasteiger charge is -2.29. The summed E-state index contributed by atoms with van der Waals surface area (Å²) >= 11 is 0. The van der Waals surface area contributed by atoms with Gasteiger partial charge in [-0.25, -0.2) is 9.97 Å². The van der Waals surface area contributed by atoms with Crippen LogP contribution >= 0.6 is 0 Å². The van der Waals surface area contributed by atoms with Crippen molar-refractivity contribution in [2.24, 2.45) is 0 Å². The van der Waals surface area contributed by atoms with E-state index in [1.165, 1.54) is 12.8 Å². The van der Waals surface area contributed by atoms with E-state index in [9.17, 15) is 0 Å². The van der Waals surface area contributed by atoms with Crippen LogP contribution in [0.2, 0.25) is 0 Å². The zero-order valence-electron chi connectivity index (χ0n) is 13.2. The topological polar surface area (TPSA) is 45.5 Å². The third-order valence-corrected chi connectivity index (χ3v) is 4.41. The quantitative estimate of drug-likeness (QED) is 0.916. The molecule has 2 aromatic heterocycles. The standard InChI is InChI=1S/C16H25N5/c1-4-8-17-14-11-20-10-9-18-15(20)16(19-14)21-12(3)6-7-13(21)5-2/h9-13,17H,4-8H2,1-3H3. The molecule has 2 atom stereocenters. The van der Waals surface area contributed by atoms with E-state index in [0.29, 0.717) is 12.1 Å². The van der Waals surface area contributed by atoms with Crippen LogP contribution in [-0.2, 0) is 0 Å². The molecule has 2 unspecified atom stereocenters. The van der Waals surface area contributed by atoms with Crippen LogP contribution in [0, 0.1) is 0 Å². The Kier molecular flexibility index (Phi) is 3.99. The second-order valence-corrected chi connectivity index (χ2v) is 5.93. The first kappa shape index (κ1) is 14.2. The second-order valence-electron chi connectivity index (χ2n) is 5.93. The van der Waals surface area contributed by atoms with Crippen molar-refractivity contribution in [2.75, 3.05) is 16.8 Å². The molecular weight excluding hydrogens is 262 g/mol. The number of nitrogens with zero attached hydrogens (tertiary/aromatic N) is 4. The summed E-state index contributed by atoms with van der Waals surface area (Å²) in [6.45, 7) is 7.67. The molecule has 3 rings (SSSR count). The molecule has 2 aromatic rings. The Morgan fingerprint density at radius 3 is 2.95 bits per heavy atom. The maximum atomic E-state index is 4.87. The molecule has 0 bridgehead atoms. The van der Waals surface area contributed by atoms with Crippen LogP contribution in [0.3, 0.4) is 0 Å². The molecular formula is C16H25N5. The third-order valence-electron chi connectivity index (χ3n) is 4.41. The SMILES string of the molecule is CCCNc1cn2ccnc2c(N2C(C)CCC2CC)n1. The highest BCUT2D eigenvalue weighted by atomic mass is 15.3. The molecule has 0 aromatic carbocycles. The van der Waals surface area contributed by atoms with E-state index in [2.05, 4.69) is 40.4 Å². The summed E-state index contributed by atoms with van der Waals surface area (Å²) in [5.74, 6) is 1.96. The summed E-state index contributed by atoms with van der Waals surface area (Å²) in [4.78, 5) is 11.9. The number of fused-ring (bicyclic) bond motifs is 1. The van der Waals surface area contributed by atoms with Gasteiger partial charge in [0, 0.05) is 31.0 Å². The molecule has 3 heterocycles. The molecule has 0 radical (unpaired) electrons. The Morgan fingerprint density at radius 2 is 2.19 bits per heavy atom. The van der Waals surface area contributed by atoms with E-state index >= 15 is 0 Å². The zero-order valence-corrected chi connectivity index (χ0v) is 13.2. The van der Waals surface area contributed by atoms with Crippen LogP contribution in [0.1, 0.15) is 46.5 Å². The zero-order chi connectivity index (χ0) is 14.8. The van der Waals surface area contributed by atoms with E-state index in [-0.39, 0.29) is 0 Å². The van der Waals surface area contributed by atoms with E-state index in [1.807, 2.05) is 18.6 Å². The predicted molar refractivity (Wildman–Crippen MR) is 87.0 cm³/mol. The van der Waals surface area contributed by atoms with Crippen molar-refractivity contribution < 1.29 is 0 Å². The number of anilines is 2. The smallest absolute Gasteiger partial charge is 0.180 e. The first-order chi connectivity index (χ1) is 10.2. The summed E-state index contributed by atoms with van der Waals surface area (Å²) in [6.07, 6.45) is 10.6. The van der Waals surface area contributed by atoms with Gasteiger partial charge in [-0.1, -0.05) is 13.8 Å². The van der Waals surface area contributed by atoms with Crippen molar-refractivity contribution in [3.8, 4) is 0 Å². The molecule has 1 aliphatic heterocycles. The van der Waals surface area contributed by atoms with Crippen molar-refractivity contribution >= 4 is 17.3 Å². The second kappa shape index (κ2) is 5.92. The van der Waals surface area contributed by atoms with Gasteiger partial charge < -0.3 is 14.6 Å². The van der Waals surface area contributed by atoms with Crippen LogP contribution < -0.4 is 10.2 Å². The number of nitrogens with one attached hydrogen (secondary N) is 1. The fourth-order valence-corrected chi connectivity index (χ4v) is 3.28. The van der Waals surface area contributed by atoms with Crippen LogP contribution in [0.5, 0.6) is 0 Å². The monoisotopic (exact) mass is 287 g/mol. The van der Waals surface area contributed by atoms with Gasteiger partial charge in [-0.2, -0.15) is 0 Å². The van der Waals surface area contributed by atoms with Gasteiger partial charge in [-0.05, 0) is 32.6 Å². The van der Waals surface area contributed by atoms with Gasteiger partial charge in [0.05, 0.1) is 6.20 Å². The van der Waals surface area contributed by atoms with Gasteiger partial charge in [0.25, 0.3) is 0 Å². The number of aromatic nitrogens is 3. The van der Waals surface area contributed by atoms with E-state index < -0.39 is 0 Å². The van der Waals surface area contributed by atoms with Crippen molar-refractivity contribution in [3.05, 3.63) is 18.6 Å². The van der Waals surface area contributed by atoms with Gasteiger partial charge in [0.1, 0.15) is 5.82 Å². The average molecular weight is 287 g/mol. The van der Waals surface area contributed by atoms with E-state index in [1.54, 1.807) is 0 Å². The van der Waals surface area contributed by atoms with Crippen molar-refractivity contribution in [3.63, 3.8) is 0 Å². The Balaban J connectivity index is 2.04. The molecule has 1 saturated heterocycles. The third kappa shape index (κ3) is 2.57. The minimum absolute atomic E-state index is 0.532. The normalized spacial score (nSPS) is 22.1. The molecule has 0 aliphatic carbocycles. The summed E-state index contributed by atoms with van der Waals surface area (Å²) in [5.41, 5.74) is 0.962. The summed E-state index contributed by atoms with van der Waals surface area (Å²) in [6, 6.07) is 1.11. The highest BCUT2D eigenvalue weighted by Gasteiger charge is 2.32. The molecule has 21 heavy (non-hydrogen) atoms. The maximum absolute atomic E-state index is 4.87. The summed E-state index contributed by atoms with van der Waals surface area (Å²) < 4.78 is 2.08. The molecule has 1 N–H and O–H groups in total. The molecule has 0 amide bonds. The minimum atomic E-state index is 0.532. The largest absolute Gasteiger partial charge is 0.369 e. The Morgan fingerprint density at radius 1 is 1.33 bits per heavy atom. The highest BCUT2D eigenvalue weighted by Crippen LogP contribution is 2.33. The fourth-order valence-electron chi connectivity index (χ4n) is 3.28. The molecule has 5 nitrogen and oxygen atoms in total. The highest BCUT2D eigenvalue weighted by molar-refractivity contribution is 5.68. The van der Waals surface area contributed by atoms with Crippen molar-refractivity contribution in [1.82, 2.24) is 14.4 Å². The van der Waals surface area contributed by atoms with Crippen LogP contribution in [-0.4, -0.2) is 33.0 Å². The summed E-state index contributed by atoms with van der Waals surface area (Å²) in [5, 5.41) is 3.40. The maximum Gasteiger partial charge on any atom is 0.180 e.